The highest BCUT2D eigenvalue weighted by Gasteiger charge is 2.26. The molecule has 0 saturated heterocycles. The van der Waals surface area contributed by atoms with Crippen LogP contribution in [-0.4, -0.2) is 42.4 Å². The van der Waals surface area contributed by atoms with Crippen molar-refractivity contribution >= 4 is 5.69 Å². The van der Waals surface area contributed by atoms with Gasteiger partial charge in [-0.1, -0.05) is 26.8 Å². The number of aryl methyl sites for hydroxylation is 2. The van der Waals surface area contributed by atoms with E-state index in [1.807, 2.05) is 26.8 Å². The van der Waals surface area contributed by atoms with E-state index >= 15 is 0 Å². The molecular weight excluding hydrogens is 366 g/mol. The smallest absolute Gasteiger partial charge is 0.241 e. The molecule has 29 heavy (non-hydrogen) atoms. The normalized spacial score (nSPS) is 12.0. The van der Waals surface area contributed by atoms with Gasteiger partial charge in [0.25, 0.3) is 0 Å². The van der Waals surface area contributed by atoms with Crippen LogP contribution in [0.5, 0.6) is 11.6 Å². The van der Waals surface area contributed by atoms with Gasteiger partial charge in [-0.2, -0.15) is 4.98 Å². The van der Waals surface area contributed by atoms with E-state index in [2.05, 4.69) is 24.8 Å². The Kier molecular flexibility index (Phi) is 8.26. The quantitative estimate of drug-likeness (QED) is 0.614. The van der Waals surface area contributed by atoms with Crippen LogP contribution in [0.25, 0.3) is 11.4 Å². The first-order valence-corrected chi connectivity index (χ1v) is 10.5. The van der Waals surface area contributed by atoms with E-state index in [-0.39, 0.29) is 0 Å². The number of nitrogens with zero attached hydrogens (tertiary/aromatic N) is 3. The van der Waals surface area contributed by atoms with Gasteiger partial charge >= 0.3 is 0 Å². The average molecular weight is 402 g/mol. The molecule has 6 nitrogen and oxygen atoms in total. The van der Waals surface area contributed by atoms with Crippen LogP contribution in [0, 0.1) is 13.8 Å². The highest BCUT2D eigenvalue weighted by molar-refractivity contribution is 5.72. The number of rotatable bonds is 10. The van der Waals surface area contributed by atoms with Crippen molar-refractivity contribution in [3.05, 3.63) is 29.0 Å². The fourth-order valence-corrected chi connectivity index (χ4v) is 3.68. The molecule has 1 atom stereocenters. The van der Waals surface area contributed by atoms with E-state index in [0.29, 0.717) is 29.6 Å². The number of anilines is 1. The van der Waals surface area contributed by atoms with Crippen molar-refractivity contribution in [2.75, 3.05) is 32.2 Å². The van der Waals surface area contributed by atoms with Gasteiger partial charge in [0.1, 0.15) is 17.1 Å². The van der Waals surface area contributed by atoms with E-state index in [1.165, 1.54) is 0 Å². The van der Waals surface area contributed by atoms with Crippen LogP contribution in [0.3, 0.4) is 0 Å². The molecule has 0 saturated carbocycles. The highest BCUT2D eigenvalue weighted by atomic mass is 16.5. The maximum atomic E-state index is 10.8. The molecule has 0 aliphatic heterocycles. The molecule has 0 radical (unpaired) electrons. The minimum absolute atomic E-state index is 0.487. The maximum absolute atomic E-state index is 10.8. The number of hydrogen-bond donors (Lipinski definition) is 1. The largest absolute Gasteiger partial charge is 0.496 e. The zero-order valence-electron chi connectivity index (χ0n) is 18.9. The van der Waals surface area contributed by atoms with Gasteiger partial charge in [0, 0.05) is 13.1 Å². The predicted octanol–water partition coefficient (Wildman–Crippen LogP) is 4.85. The van der Waals surface area contributed by atoms with Crippen molar-refractivity contribution in [3.8, 4) is 23.0 Å². The fourth-order valence-electron chi connectivity index (χ4n) is 3.68. The third kappa shape index (κ3) is 4.99. The molecule has 1 aromatic heterocycles. The summed E-state index contributed by atoms with van der Waals surface area (Å²) in [5, 5.41) is 10.8. The topological polar surface area (TPSA) is 67.7 Å². The zero-order chi connectivity index (χ0) is 21.6. The Labute approximate surface area is 174 Å². The Bertz CT molecular complexity index is 818. The fraction of sp³-hybridized carbons (Fsp3) is 0.565. The van der Waals surface area contributed by atoms with Gasteiger partial charge < -0.3 is 19.5 Å². The molecule has 1 N–H and O–H groups in total. The Hall–Kier alpha value is -2.34. The standard InChI is InChI=1S/C23H35N3O3/c1-8-11-26(12-9-2)21-20(17(27)10-3)24-22(25-23(21)29-7)19-16(5)13-15(4)14-18(19)28-6/h13-14,17,27H,8-12H2,1-7H3. The number of benzene rings is 1. The predicted molar refractivity (Wildman–Crippen MR) is 118 cm³/mol. The lowest BCUT2D eigenvalue weighted by atomic mass is 10.0. The van der Waals surface area contributed by atoms with Gasteiger partial charge in [0.05, 0.1) is 25.9 Å². The van der Waals surface area contributed by atoms with Crippen LogP contribution in [0.1, 0.15) is 63.0 Å². The first-order valence-electron chi connectivity index (χ1n) is 10.5. The number of aliphatic hydroxyl groups is 1. The van der Waals surface area contributed by atoms with Gasteiger partial charge in [-0.15, -0.1) is 0 Å². The van der Waals surface area contributed by atoms with E-state index in [4.69, 9.17) is 19.4 Å². The van der Waals surface area contributed by atoms with Gasteiger partial charge in [-0.25, -0.2) is 4.98 Å². The molecule has 0 aliphatic rings. The van der Waals surface area contributed by atoms with E-state index in [1.54, 1.807) is 14.2 Å². The van der Waals surface area contributed by atoms with Gasteiger partial charge in [0.2, 0.25) is 5.88 Å². The molecule has 2 rings (SSSR count). The summed E-state index contributed by atoms with van der Waals surface area (Å²) in [5.74, 6) is 1.71. The minimum atomic E-state index is -0.700. The average Bonchev–Trinajstić information content (AvgIpc) is 2.71. The van der Waals surface area contributed by atoms with Crippen molar-refractivity contribution in [2.24, 2.45) is 0 Å². The third-order valence-electron chi connectivity index (χ3n) is 4.97. The second-order valence-electron chi connectivity index (χ2n) is 7.36. The molecule has 1 aromatic carbocycles. The van der Waals surface area contributed by atoms with Gasteiger partial charge in [-0.3, -0.25) is 0 Å². The lowest BCUT2D eigenvalue weighted by molar-refractivity contribution is 0.168. The first-order chi connectivity index (χ1) is 13.9. The van der Waals surface area contributed by atoms with Crippen LogP contribution in [-0.2, 0) is 0 Å². The number of aromatic nitrogens is 2. The second kappa shape index (κ2) is 10.4. The lowest BCUT2D eigenvalue weighted by Gasteiger charge is -2.28. The molecule has 0 aliphatic carbocycles. The summed E-state index contributed by atoms with van der Waals surface area (Å²) in [6, 6.07) is 4.06. The Morgan fingerprint density at radius 1 is 1.00 bits per heavy atom. The van der Waals surface area contributed by atoms with Crippen LogP contribution in [0.4, 0.5) is 5.69 Å². The van der Waals surface area contributed by atoms with Crippen molar-refractivity contribution < 1.29 is 14.6 Å². The number of ether oxygens (including phenoxy) is 2. The molecule has 1 unspecified atom stereocenters. The second-order valence-corrected chi connectivity index (χ2v) is 7.36. The highest BCUT2D eigenvalue weighted by Crippen LogP contribution is 2.39. The molecule has 160 valence electrons. The Balaban J connectivity index is 2.79. The van der Waals surface area contributed by atoms with Crippen molar-refractivity contribution in [2.45, 2.75) is 60.0 Å². The molecule has 0 bridgehead atoms. The number of hydrogen-bond acceptors (Lipinski definition) is 6. The monoisotopic (exact) mass is 401 g/mol. The lowest BCUT2D eigenvalue weighted by Crippen LogP contribution is -2.28. The third-order valence-corrected chi connectivity index (χ3v) is 4.97. The van der Waals surface area contributed by atoms with Crippen molar-refractivity contribution in [3.63, 3.8) is 0 Å². The Morgan fingerprint density at radius 3 is 2.17 bits per heavy atom. The van der Waals surface area contributed by atoms with Gasteiger partial charge in [0.15, 0.2) is 5.82 Å². The maximum Gasteiger partial charge on any atom is 0.241 e. The molecule has 0 fully saturated rings. The number of aliphatic hydroxyl groups excluding tert-OH is 1. The molecule has 2 aromatic rings. The van der Waals surface area contributed by atoms with E-state index in [9.17, 15) is 5.11 Å². The summed E-state index contributed by atoms with van der Waals surface area (Å²) in [4.78, 5) is 11.8. The zero-order valence-corrected chi connectivity index (χ0v) is 18.9. The summed E-state index contributed by atoms with van der Waals surface area (Å²) in [6.45, 7) is 12.0. The summed E-state index contributed by atoms with van der Waals surface area (Å²) >= 11 is 0. The van der Waals surface area contributed by atoms with Crippen molar-refractivity contribution in [1.82, 2.24) is 9.97 Å². The van der Waals surface area contributed by atoms with Crippen LogP contribution in [0.2, 0.25) is 0 Å². The Morgan fingerprint density at radius 2 is 1.66 bits per heavy atom. The van der Waals surface area contributed by atoms with Gasteiger partial charge in [-0.05, 0) is 50.3 Å². The molecule has 0 amide bonds. The van der Waals surface area contributed by atoms with E-state index in [0.717, 1.165) is 48.3 Å². The molecule has 6 heteroatoms. The van der Waals surface area contributed by atoms with Crippen LogP contribution < -0.4 is 14.4 Å². The SMILES string of the molecule is CCCN(CCC)c1c(OC)nc(-c2c(C)cc(C)cc2OC)nc1C(O)CC. The van der Waals surface area contributed by atoms with Crippen molar-refractivity contribution in [1.29, 1.82) is 0 Å². The number of methoxy groups -OCH3 is 2. The first kappa shape index (κ1) is 22.9. The summed E-state index contributed by atoms with van der Waals surface area (Å²) in [6.07, 6.45) is 1.83. The summed E-state index contributed by atoms with van der Waals surface area (Å²) < 4.78 is 11.3. The minimum Gasteiger partial charge on any atom is -0.496 e. The summed E-state index contributed by atoms with van der Waals surface area (Å²) in [7, 11) is 3.27. The van der Waals surface area contributed by atoms with Crippen LogP contribution >= 0.6 is 0 Å². The molecule has 1 heterocycles. The van der Waals surface area contributed by atoms with E-state index < -0.39 is 6.10 Å². The molecule has 0 spiro atoms. The summed E-state index contributed by atoms with van der Waals surface area (Å²) in [5.41, 5.74) is 4.35. The van der Waals surface area contributed by atoms with Crippen LogP contribution in [0.15, 0.2) is 12.1 Å². The molecular formula is C23H35N3O3.